The molecule has 0 spiro atoms. The monoisotopic (exact) mass is 980 g/mol. The first-order valence-corrected chi connectivity index (χ1v) is 28.5. The maximum Gasteiger partial charge on any atom is 0.472 e. The average molecular weight is 980 g/mol. The van der Waals surface area contributed by atoms with Crippen molar-refractivity contribution >= 4 is 19.7 Å². The van der Waals surface area contributed by atoms with E-state index in [0.717, 1.165) is 83.5 Å². The third kappa shape index (κ3) is 49.2. The molecule has 69 heavy (non-hydrogen) atoms. The highest BCUT2D eigenvalue weighted by Gasteiger charge is 2.30. The van der Waals surface area contributed by atoms with E-state index in [1.54, 1.807) is 0 Å². The van der Waals surface area contributed by atoms with E-state index in [1.807, 2.05) is 100 Å². The molecule has 0 fully saturated rings. The van der Waals surface area contributed by atoms with Crippen molar-refractivity contribution in [3.05, 3.63) is 122 Å². The molecule has 1 amide bonds. The Morgan fingerprint density at radius 1 is 0.522 bits per heavy atom. The molecule has 0 heterocycles. The fourth-order valence-electron chi connectivity index (χ4n) is 6.97. The Morgan fingerprint density at radius 3 is 1.41 bits per heavy atom. The summed E-state index contributed by atoms with van der Waals surface area (Å²) in [6.45, 7) is 6.65. The summed E-state index contributed by atoms with van der Waals surface area (Å²) >= 11 is 0. The van der Waals surface area contributed by atoms with Crippen LogP contribution in [0.25, 0.3) is 0 Å². The highest BCUT2D eigenvalue weighted by Crippen LogP contribution is 2.43. The number of allylic oxidation sites excluding steroid dienone is 19. The van der Waals surface area contributed by atoms with E-state index < -0.39 is 20.0 Å². The number of likely N-dealkylation sites (N-methyl/N-ethyl adjacent to an activating group) is 1. The van der Waals surface area contributed by atoms with E-state index >= 15 is 0 Å². The van der Waals surface area contributed by atoms with Crippen LogP contribution in [0.3, 0.4) is 0 Å². The van der Waals surface area contributed by atoms with Gasteiger partial charge in [0.2, 0.25) is 5.91 Å². The van der Waals surface area contributed by atoms with Gasteiger partial charge in [0.05, 0.1) is 33.8 Å². The quantitative estimate of drug-likeness (QED) is 0.0156. The van der Waals surface area contributed by atoms with E-state index in [2.05, 4.69) is 68.6 Å². The first-order chi connectivity index (χ1) is 33.4. The number of ether oxygens (including phenoxy) is 1. The largest absolute Gasteiger partial charge is 0.472 e. The van der Waals surface area contributed by atoms with Gasteiger partial charge in [0.1, 0.15) is 19.3 Å². The van der Waals surface area contributed by atoms with Gasteiger partial charge in [0, 0.05) is 12.8 Å². The number of carbonyl (C=O) groups excluding carboxylic acids is 2. The minimum atomic E-state index is -4.47. The van der Waals surface area contributed by atoms with Crippen LogP contribution in [-0.2, 0) is 27.9 Å². The second kappa shape index (κ2) is 48.1. The fraction of sp³-hybridized carbons (Fsp3) is 0.627. The summed E-state index contributed by atoms with van der Waals surface area (Å²) in [5.74, 6) is -0.593. The lowest BCUT2D eigenvalue weighted by Gasteiger charge is -2.27. The fourth-order valence-corrected chi connectivity index (χ4v) is 7.71. The predicted octanol–water partition coefficient (Wildman–Crippen LogP) is 16.0. The Balaban J connectivity index is 5.56. The summed E-state index contributed by atoms with van der Waals surface area (Å²) in [4.78, 5) is 37.5. The van der Waals surface area contributed by atoms with Crippen LogP contribution in [0.15, 0.2) is 122 Å². The maximum absolute atomic E-state index is 13.5. The molecular formula is C59H100N2O7P+. The Kier molecular flexibility index (Phi) is 45.6. The van der Waals surface area contributed by atoms with E-state index in [0.29, 0.717) is 23.9 Å². The number of esters is 1. The maximum atomic E-state index is 13.5. The molecule has 3 atom stereocenters. The van der Waals surface area contributed by atoms with E-state index in [4.69, 9.17) is 13.8 Å². The molecule has 0 aliphatic heterocycles. The number of hydrogen-bond donors (Lipinski definition) is 2. The summed E-state index contributed by atoms with van der Waals surface area (Å²) in [6.07, 6.45) is 66.2. The number of amides is 1. The number of nitrogens with one attached hydrogen (secondary N) is 1. The molecule has 0 saturated heterocycles. The van der Waals surface area contributed by atoms with E-state index in [1.165, 1.54) is 57.8 Å². The highest BCUT2D eigenvalue weighted by atomic mass is 31.2. The van der Waals surface area contributed by atoms with Crippen molar-refractivity contribution in [1.29, 1.82) is 0 Å². The smallest absolute Gasteiger partial charge is 0.456 e. The number of phosphoric acid groups is 1. The second-order valence-corrected chi connectivity index (χ2v) is 20.3. The zero-order valence-electron chi connectivity index (χ0n) is 44.5. The number of nitrogens with zero attached hydrogens (tertiary/aromatic N) is 1. The van der Waals surface area contributed by atoms with Crippen molar-refractivity contribution in [1.82, 2.24) is 5.32 Å². The number of phosphoric ester groups is 1. The van der Waals surface area contributed by atoms with Crippen LogP contribution < -0.4 is 5.32 Å². The van der Waals surface area contributed by atoms with Crippen molar-refractivity contribution in [3.63, 3.8) is 0 Å². The molecule has 3 unspecified atom stereocenters. The molecule has 0 aliphatic carbocycles. The van der Waals surface area contributed by atoms with Crippen molar-refractivity contribution in [3.8, 4) is 0 Å². The van der Waals surface area contributed by atoms with Crippen LogP contribution in [0.5, 0.6) is 0 Å². The summed E-state index contributed by atoms with van der Waals surface area (Å²) in [5.41, 5.74) is 0. The molecule has 0 aliphatic rings. The summed E-state index contributed by atoms with van der Waals surface area (Å²) in [7, 11) is 1.43. The number of unbranched alkanes of at least 4 members (excludes halogenated alkanes) is 19. The molecule has 0 radical (unpaired) electrons. The average Bonchev–Trinajstić information content (AvgIpc) is 3.31. The molecule has 10 heteroatoms. The molecule has 9 nitrogen and oxygen atoms in total. The lowest BCUT2D eigenvalue weighted by atomic mass is 10.0. The molecule has 0 rings (SSSR count). The molecule has 0 aromatic rings. The zero-order valence-corrected chi connectivity index (χ0v) is 45.4. The molecule has 392 valence electrons. The topological polar surface area (TPSA) is 111 Å². The standard InChI is InChI=1S/C59H99N2O7P/c1-7-10-13-16-19-22-25-28-29-30-31-34-36-39-42-45-48-51-58(62)60-56(55-67-69(64,65)66-54-53-61(4,5)6)57(50-47-44-41-38-35-32-26-23-20-17-14-11-8-2)68-59(63)52-49-46-43-40-37-33-27-24-21-18-15-12-9-3/h10,12-13,15-16,18-19,21-22,24-25,27-31,34,36,47,50,56-57H,7-9,11,14,17,20,23,26,32-33,35,37-46,48-49,51-55H2,1-6H3,(H-,60,62,64,65)/p+1/b13-10-,15-12+,19-16+,21-18+,25-22+,27-24-,29-28-,31-30+,36-34+,50-47-. The molecule has 0 saturated carbocycles. The minimum absolute atomic E-state index is 0.0202. The Bertz CT molecular complexity index is 1600. The van der Waals surface area contributed by atoms with Crippen LogP contribution in [0.2, 0.25) is 0 Å². The van der Waals surface area contributed by atoms with Crippen molar-refractivity contribution in [2.45, 2.75) is 200 Å². The van der Waals surface area contributed by atoms with Gasteiger partial charge in [-0.1, -0.05) is 226 Å². The second-order valence-electron chi connectivity index (χ2n) is 18.9. The molecular weight excluding hydrogens is 880 g/mol. The van der Waals surface area contributed by atoms with Gasteiger partial charge < -0.3 is 19.4 Å². The molecule has 2 N–H and O–H groups in total. The van der Waals surface area contributed by atoms with Crippen LogP contribution in [0.4, 0.5) is 0 Å². The van der Waals surface area contributed by atoms with Gasteiger partial charge in [-0.3, -0.25) is 18.6 Å². The highest BCUT2D eigenvalue weighted by molar-refractivity contribution is 7.47. The number of quaternary nitrogens is 1. The molecule has 0 bridgehead atoms. The third-order valence-electron chi connectivity index (χ3n) is 11.1. The van der Waals surface area contributed by atoms with Crippen molar-refractivity contribution < 1.29 is 37.3 Å². The predicted molar refractivity (Wildman–Crippen MR) is 295 cm³/mol. The zero-order chi connectivity index (χ0) is 50.8. The van der Waals surface area contributed by atoms with Crippen molar-refractivity contribution in [2.24, 2.45) is 0 Å². The number of rotatable bonds is 46. The summed E-state index contributed by atoms with van der Waals surface area (Å²) in [6, 6.07) is -0.887. The number of carbonyl (C=O) groups is 2. The van der Waals surface area contributed by atoms with Gasteiger partial charge in [-0.15, -0.1) is 0 Å². The van der Waals surface area contributed by atoms with Crippen LogP contribution in [0.1, 0.15) is 188 Å². The Hall–Kier alpha value is -3.59. The lowest BCUT2D eigenvalue weighted by molar-refractivity contribution is -0.870. The van der Waals surface area contributed by atoms with Crippen LogP contribution in [-0.4, -0.2) is 74.3 Å². The van der Waals surface area contributed by atoms with Gasteiger partial charge >= 0.3 is 13.8 Å². The van der Waals surface area contributed by atoms with Gasteiger partial charge in [-0.05, 0) is 70.3 Å². The normalized spacial score (nSPS) is 14.8. The summed E-state index contributed by atoms with van der Waals surface area (Å²) in [5, 5.41) is 3.01. The van der Waals surface area contributed by atoms with Gasteiger partial charge in [0.25, 0.3) is 0 Å². The Morgan fingerprint density at radius 2 is 0.928 bits per heavy atom. The lowest BCUT2D eigenvalue weighted by Crippen LogP contribution is -2.47. The molecule has 0 aromatic heterocycles. The third-order valence-corrected chi connectivity index (χ3v) is 12.1. The van der Waals surface area contributed by atoms with E-state index in [-0.39, 0.29) is 37.9 Å². The Labute approximate surface area is 423 Å². The van der Waals surface area contributed by atoms with Crippen LogP contribution >= 0.6 is 7.82 Å². The summed E-state index contributed by atoms with van der Waals surface area (Å²) < 4.78 is 30.5. The van der Waals surface area contributed by atoms with Gasteiger partial charge in [-0.2, -0.15) is 0 Å². The SMILES string of the molecule is CC\C=C/C=C/C=C/C=C\C=C\C=C\CCCCCC(=O)NC(COP(=O)(O)OCC[N+](C)(C)C)C(/C=C\CCCCCCCCCCCCC)OC(=O)CCCCCCC\C=C/C=C/C=C/CC. The number of hydrogen-bond acceptors (Lipinski definition) is 6. The van der Waals surface area contributed by atoms with Crippen LogP contribution in [0, 0.1) is 0 Å². The van der Waals surface area contributed by atoms with Gasteiger partial charge in [0.15, 0.2) is 0 Å². The van der Waals surface area contributed by atoms with Crippen molar-refractivity contribution in [2.75, 3.05) is 40.9 Å². The first kappa shape index (κ1) is 65.4. The van der Waals surface area contributed by atoms with E-state index in [9.17, 15) is 19.0 Å². The first-order valence-electron chi connectivity index (χ1n) is 27.0. The molecule has 0 aromatic carbocycles. The van der Waals surface area contributed by atoms with Gasteiger partial charge in [-0.25, -0.2) is 4.57 Å². The minimum Gasteiger partial charge on any atom is -0.456 e.